The topological polar surface area (TPSA) is 79.4 Å². The van der Waals surface area contributed by atoms with Crippen LogP contribution < -0.4 is 9.47 Å². The summed E-state index contributed by atoms with van der Waals surface area (Å²) in [4.78, 5) is 13.9. The van der Waals surface area contributed by atoms with Crippen molar-refractivity contribution in [3.8, 4) is 11.5 Å². The molecule has 140 valence electrons. The van der Waals surface area contributed by atoms with E-state index < -0.39 is 10.2 Å². The molecular weight excluding hydrogens is 346 g/mol. The zero-order valence-corrected chi connectivity index (χ0v) is 15.7. The molecule has 1 aromatic carbocycles. The minimum Gasteiger partial charge on any atom is -0.494 e. The highest BCUT2D eigenvalue weighted by Gasteiger charge is 2.30. The van der Waals surface area contributed by atoms with Gasteiger partial charge in [-0.1, -0.05) is 0 Å². The second kappa shape index (κ2) is 8.50. The molecule has 0 bridgehead atoms. The number of hydrogen-bond acceptors (Lipinski definition) is 5. The van der Waals surface area contributed by atoms with Crippen LogP contribution in [0.1, 0.15) is 6.92 Å². The lowest BCUT2D eigenvalue weighted by Crippen LogP contribution is -2.53. The molecule has 0 aliphatic carbocycles. The summed E-state index contributed by atoms with van der Waals surface area (Å²) in [5.74, 6) is 1.18. The lowest BCUT2D eigenvalue weighted by molar-refractivity contribution is -0.134. The highest BCUT2D eigenvalue weighted by Crippen LogP contribution is 2.17. The molecule has 0 aromatic heterocycles. The molecule has 0 atom stereocenters. The highest BCUT2D eigenvalue weighted by molar-refractivity contribution is 7.86. The Morgan fingerprint density at radius 2 is 1.56 bits per heavy atom. The molecule has 0 spiro atoms. The molecule has 0 N–H and O–H groups in total. The molecule has 1 amide bonds. The molecule has 9 heteroatoms. The van der Waals surface area contributed by atoms with E-state index in [1.165, 1.54) is 22.7 Å². The molecule has 8 nitrogen and oxygen atoms in total. The van der Waals surface area contributed by atoms with Crippen LogP contribution in [0.2, 0.25) is 0 Å². The normalized spacial score (nSPS) is 16.1. The summed E-state index contributed by atoms with van der Waals surface area (Å²) >= 11 is 0. The summed E-state index contributed by atoms with van der Waals surface area (Å²) in [6, 6.07) is 7.07. The van der Waals surface area contributed by atoms with E-state index in [1.54, 1.807) is 29.2 Å². The predicted octanol–water partition coefficient (Wildman–Crippen LogP) is 0.415. The van der Waals surface area contributed by atoms with E-state index in [0.29, 0.717) is 25.4 Å². The van der Waals surface area contributed by atoms with Gasteiger partial charge in [0.25, 0.3) is 16.1 Å². The van der Waals surface area contributed by atoms with Gasteiger partial charge in [-0.15, -0.1) is 0 Å². The first-order valence-electron chi connectivity index (χ1n) is 8.15. The third kappa shape index (κ3) is 5.07. The van der Waals surface area contributed by atoms with Crippen LogP contribution in [0.3, 0.4) is 0 Å². The van der Waals surface area contributed by atoms with E-state index in [2.05, 4.69) is 0 Å². The monoisotopic (exact) mass is 371 g/mol. The van der Waals surface area contributed by atoms with E-state index in [-0.39, 0.29) is 25.6 Å². The second-order valence-corrected chi connectivity index (χ2v) is 7.91. The van der Waals surface area contributed by atoms with Crippen molar-refractivity contribution in [2.45, 2.75) is 6.92 Å². The van der Waals surface area contributed by atoms with Gasteiger partial charge in [-0.25, -0.2) is 0 Å². The SMILES string of the molecule is CCOc1ccc(OCC(=O)N2CCN(S(=O)(=O)N(C)C)CC2)cc1. The first-order chi connectivity index (χ1) is 11.8. The summed E-state index contributed by atoms with van der Waals surface area (Å²) in [5.41, 5.74) is 0. The Hall–Kier alpha value is -1.84. The number of nitrogens with zero attached hydrogens (tertiary/aromatic N) is 3. The summed E-state index contributed by atoms with van der Waals surface area (Å²) in [7, 11) is -0.433. The van der Waals surface area contributed by atoms with Gasteiger partial charge in [-0.3, -0.25) is 4.79 Å². The van der Waals surface area contributed by atoms with E-state index >= 15 is 0 Å². The average Bonchev–Trinajstić information content (AvgIpc) is 2.61. The highest BCUT2D eigenvalue weighted by atomic mass is 32.2. The zero-order valence-electron chi connectivity index (χ0n) is 14.8. The van der Waals surface area contributed by atoms with E-state index in [1.807, 2.05) is 6.92 Å². The molecule has 0 saturated carbocycles. The number of ether oxygens (including phenoxy) is 2. The van der Waals surface area contributed by atoms with Gasteiger partial charge in [0, 0.05) is 40.3 Å². The fraction of sp³-hybridized carbons (Fsp3) is 0.562. The van der Waals surface area contributed by atoms with Gasteiger partial charge in [0.15, 0.2) is 6.61 Å². The van der Waals surface area contributed by atoms with Crippen molar-refractivity contribution >= 4 is 16.1 Å². The standard InChI is InChI=1S/C16H25N3O5S/c1-4-23-14-5-7-15(8-6-14)24-13-16(20)18-9-11-19(12-10-18)25(21,22)17(2)3/h5-8H,4,9-13H2,1-3H3. The van der Waals surface area contributed by atoms with Crippen molar-refractivity contribution in [3.63, 3.8) is 0 Å². The predicted molar refractivity (Wildman–Crippen MR) is 93.9 cm³/mol. The van der Waals surface area contributed by atoms with Gasteiger partial charge >= 0.3 is 0 Å². The largest absolute Gasteiger partial charge is 0.494 e. The van der Waals surface area contributed by atoms with Gasteiger partial charge < -0.3 is 14.4 Å². The molecule has 1 fully saturated rings. The Labute approximate surface area is 149 Å². The minimum absolute atomic E-state index is 0.0750. The van der Waals surface area contributed by atoms with Crippen molar-refractivity contribution in [2.24, 2.45) is 0 Å². The van der Waals surface area contributed by atoms with E-state index in [9.17, 15) is 13.2 Å². The Morgan fingerprint density at radius 3 is 2.04 bits per heavy atom. The Bertz CT molecular complexity index is 668. The fourth-order valence-corrected chi connectivity index (χ4v) is 3.52. The van der Waals surface area contributed by atoms with Gasteiger partial charge in [0.05, 0.1) is 6.61 Å². The van der Waals surface area contributed by atoms with Crippen molar-refractivity contribution in [2.75, 3.05) is 53.5 Å². The van der Waals surface area contributed by atoms with Crippen LogP contribution in [0.4, 0.5) is 0 Å². The Morgan fingerprint density at radius 1 is 1.04 bits per heavy atom. The third-order valence-electron chi connectivity index (χ3n) is 3.88. The maximum absolute atomic E-state index is 12.2. The van der Waals surface area contributed by atoms with Crippen molar-refractivity contribution < 1.29 is 22.7 Å². The first kappa shape index (κ1) is 19.5. The number of benzene rings is 1. The van der Waals surface area contributed by atoms with Gasteiger partial charge in [0.1, 0.15) is 11.5 Å². The summed E-state index contributed by atoms with van der Waals surface area (Å²) < 4.78 is 37.5. The molecule has 25 heavy (non-hydrogen) atoms. The molecular formula is C16H25N3O5S. The number of carbonyl (C=O) groups is 1. The maximum Gasteiger partial charge on any atom is 0.281 e. The van der Waals surface area contributed by atoms with Crippen LogP contribution in [-0.4, -0.2) is 81.3 Å². The third-order valence-corrected chi connectivity index (χ3v) is 5.82. The smallest absolute Gasteiger partial charge is 0.281 e. The van der Waals surface area contributed by atoms with Crippen LogP contribution >= 0.6 is 0 Å². The second-order valence-electron chi connectivity index (χ2n) is 5.76. The van der Waals surface area contributed by atoms with Gasteiger partial charge in [0.2, 0.25) is 0 Å². The van der Waals surface area contributed by atoms with Crippen LogP contribution in [-0.2, 0) is 15.0 Å². The van der Waals surface area contributed by atoms with E-state index in [0.717, 1.165) is 5.75 Å². The Balaban J connectivity index is 1.81. The number of carbonyl (C=O) groups excluding carboxylic acids is 1. The van der Waals surface area contributed by atoms with Crippen molar-refractivity contribution in [1.29, 1.82) is 0 Å². The summed E-state index contributed by atoms with van der Waals surface area (Å²) in [6.07, 6.45) is 0. The quantitative estimate of drug-likeness (QED) is 0.694. The molecule has 1 saturated heterocycles. The molecule has 1 heterocycles. The molecule has 2 rings (SSSR count). The van der Waals surface area contributed by atoms with Crippen LogP contribution in [0.25, 0.3) is 0 Å². The van der Waals surface area contributed by atoms with Crippen molar-refractivity contribution in [3.05, 3.63) is 24.3 Å². The molecule has 1 aromatic rings. The van der Waals surface area contributed by atoms with Crippen LogP contribution in [0.15, 0.2) is 24.3 Å². The molecule has 0 unspecified atom stereocenters. The number of hydrogen-bond donors (Lipinski definition) is 0. The fourth-order valence-electron chi connectivity index (χ4n) is 2.43. The lowest BCUT2D eigenvalue weighted by Gasteiger charge is -2.35. The minimum atomic E-state index is -3.43. The van der Waals surface area contributed by atoms with Crippen LogP contribution in [0.5, 0.6) is 11.5 Å². The molecule has 1 aliphatic rings. The van der Waals surface area contributed by atoms with E-state index in [4.69, 9.17) is 9.47 Å². The number of piperazine rings is 1. The summed E-state index contributed by atoms with van der Waals surface area (Å²) in [6.45, 7) is 3.72. The maximum atomic E-state index is 12.2. The zero-order chi connectivity index (χ0) is 18.4. The Kier molecular flexibility index (Phi) is 6.63. The number of amides is 1. The average molecular weight is 371 g/mol. The summed E-state index contributed by atoms with van der Waals surface area (Å²) in [5, 5.41) is 0. The lowest BCUT2D eigenvalue weighted by atomic mass is 10.3. The molecule has 1 aliphatic heterocycles. The molecule has 0 radical (unpaired) electrons. The number of rotatable bonds is 7. The first-order valence-corrected chi connectivity index (χ1v) is 9.55. The van der Waals surface area contributed by atoms with Crippen molar-refractivity contribution in [1.82, 2.24) is 13.5 Å². The van der Waals surface area contributed by atoms with Crippen LogP contribution in [0, 0.1) is 0 Å². The van der Waals surface area contributed by atoms with Gasteiger partial charge in [-0.2, -0.15) is 17.0 Å². The van der Waals surface area contributed by atoms with Gasteiger partial charge in [-0.05, 0) is 31.2 Å².